The Labute approximate surface area is 108 Å². The molecule has 0 saturated carbocycles. The van der Waals surface area contributed by atoms with Crippen LogP contribution in [-0.4, -0.2) is 35.7 Å². The van der Waals surface area contributed by atoms with E-state index in [9.17, 15) is 4.79 Å². The molecule has 18 heavy (non-hydrogen) atoms. The smallest absolute Gasteiger partial charge is 0.450 e. The SMILES string of the molecule is CCCCCOC(=O)OCCCCC.O=C(O)O. The molecule has 0 fully saturated rings. The molecule has 0 radical (unpaired) electrons. The Balaban J connectivity index is 0. The molecular weight excluding hydrogens is 240 g/mol. The van der Waals surface area contributed by atoms with Crippen molar-refractivity contribution in [2.24, 2.45) is 0 Å². The van der Waals surface area contributed by atoms with Crippen molar-refractivity contribution in [2.75, 3.05) is 13.2 Å². The predicted molar refractivity (Wildman–Crippen MR) is 67.0 cm³/mol. The van der Waals surface area contributed by atoms with Gasteiger partial charge in [-0.1, -0.05) is 39.5 Å². The van der Waals surface area contributed by atoms with Crippen LogP contribution in [0.25, 0.3) is 0 Å². The van der Waals surface area contributed by atoms with E-state index in [4.69, 9.17) is 24.5 Å². The fraction of sp³-hybridized carbons (Fsp3) is 0.833. The van der Waals surface area contributed by atoms with Crippen LogP contribution in [0, 0.1) is 0 Å². The highest BCUT2D eigenvalue weighted by molar-refractivity contribution is 5.59. The van der Waals surface area contributed by atoms with Gasteiger partial charge in [0.15, 0.2) is 0 Å². The lowest BCUT2D eigenvalue weighted by Gasteiger charge is -2.05. The number of carboxylic acid groups (broad SMARTS) is 2. The minimum absolute atomic E-state index is 0.487. The fourth-order valence-corrected chi connectivity index (χ4v) is 1.06. The maximum absolute atomic E-state index is 10.9. The quantitative estimate of drug-likeness (QED) is 0.512. The van der Waals surface area contributed by atoms with E-state index in [1.165, 1.54) is 0 Å². The summed E-state index contributed by atoms with van der Waals surface area (Å²) in [6.45, 7) is 5.20. The predicted octanol–water partition coefficient (Wildman–Crippen LogP) is 3.74. The molecular formula is C12H24O6. The number of hydrogen-bond donors (Lipinski definition) is 2. The molecule has 0 aliphatic heterocycles. The van der Waals surface area contributed by atoms with Gasteiger partial charge in [0.05, 0.1) is 13.2 Å². The van der Waals surface area contributed by atoms with Crippen molar-refractivity contribution in [1.29, 1.82) is 0 Å². The van der Waals surface area contributed by atoms with E-state index >= 15 is 0 Å². The second-order valence-electron chi connectivity index (χ2n) is 3.64. The zero-order chi connectivity index (χ0) is 14.2. The number of carbonyl (C=O) groups excluding carboxylic acids is 1. The van der Waals surface area contributed by atoms with E-state index in [-0.39, 0.29) is 0 Å². The van der Waals surface area contributed by atoms with Crippen molar-refractivity contribution in [2.45, 2.75) is 52.4 Å². The summed E-state index contributed by atoms with van der Waals surface area (Å²) in [5.74, 6) is 0. The molecule has 0 aromatic rings. The summed E-state index contributed by atoms with van der Waals surface area (Å²) < 4.78 is 9.73. The lowest BCUT2D eigenvalue weighted by atomic mass is 10.3. The Kier molecular flexibility index (Phi) is 16.3. The summed E-state index contributed by atoms with van der Waals surface area (Å²) in [4.78, 5) is 19.5. The van der Waals surface area contributed by atoms with Gasteiger partial charge in [0.25, 0.3) is 0 Å². The number of carbonyl (C=O) groups is 2. The van der Waals surface area contributed by atoms with E-state index in [0.29, 0.717) is 13.2 Å². The van der Waals surface area contributed by atoms with Crippen LogP contribution >= 0.6 is 0 Å². The highest BCUT2D eigenvalue weighted by atomic mass is 16.7. The highest BCUT2D eigenvalue weighted by Crippen LogP contribution is 1.98. The van der Waals surface area contributed by atoms with E-state index in [1.54, 1.807) is 0 Å². The van der Waals surface area contributed by atoms with Crippen LogP contribution in [-0.2, 0) is 9.47 Å². The van der Waals surface area contributed by atoms with Crippen molar-refractivity contribution in [3.05, 3.63) is 0 Å². The summed E-state index contributed by atoms with van der Waals surface area (Å²) in [5.41, 5.74) is 0. The van der Waals surface area contributed by atoms with Gasteiger partial charge in [-0.3, -0.25) is 0 Å². The largest absolute Gasteiger partial charge is 0.508 e. The second-order valence-corrected chi connectivity index (χ2v) is 3.64. The van der Waals surface area contributed by atoms with E-state index in [2.05, 4.69) is 13.8 Å². The van der Waals surface area contributed by atoms with Crippen LogP contribution in [0.4, 0.5) is 9.59 Å². The zero-order valence-corrected chi connectivity index (χ0v) is 11.2. The van der Waals surface area contributed by atoms with Gasteiger partial charge in [-0.25, -0.2) is 9.59 Å². The Bertz CT molecular complexity index is 187. The first-order valence-electron chi connectivity index (χ1n) is 6.26. The Morgan fingerprint density at radius 1 is 0.833 bits per heavy atom. The number of unbranched alkanes of at least 4 members (excludes halogenated alkanes) is 4. The summed E-state index contributed by atoms with van der Waals surface area (Å²) in [6.07, 6.45) is 3.98. The molecule has 0 heterocycles. The van der Waals surface area contributed by atoms with Crippen molar-refractivity contribution in [3.8, 4) is 0 Å². The highest BCUT2D eigenvalue weighted by Gasteiger charge is 2.01. The maximum Gasteiger partial charge on any atom is 0.508 e. The minimum Gasteiger partial charge on any atom is -0.450 e. The van der Waals surface area contributed by atoms with Gasteiger partial charge in [0.2, 0.25) is 0 Å². The molecule has 0 aliphatic rings. The Hall–Kier alpha value is -1.46. The molecule has 0 unspecified atom stereocenters. The van der Waals surface area contributed by atoms with Crippen molar-refractivity contribution >= 4 is 12.3 Å². The average Bonchev–Trinajstić information content (AvgIpc) is 2.30. The second kappa shape index (κ2) is 15.5. The van der Waals surface area contributed by atoms with E-state index in [0.717, 1.165) is 38.5 Å². The van der Waals surface area contributed by atoms with Gasteiger partial charge in [0, 0.05) is 0 Å². The molecule has 0 amide bonds. The van der Waals surface area contributed by atoms with Gasteiger partial charge in [-0.05, 0) is 12.8 Å². The number of rotatable bonds is 8. The van der Waals surface area contributed by atoms with Gasteiger partial charge in [-0.15, -0.1) is 0 Å². The molecule has 0 rings (SSSR count). The normalized spacial score (nSPS) is 9.00. The molecule has 0 saturated heterocycles. The number of ether oxygens (including phenoxy) is 2. The summed E-state index contributed by atoms with van der Waals surface area (Å²) >= 11 is 0. The molecule has 108 valence electrons. The van der Waals surface area contributed by atoms with Crippen LogP contribution in [0.15, 0.2) is 0 Å². The number of hydrogen-bond acceptors (Lipinski definition) is 4. The molecule has 0 aromatic carbocycles. The molecule has 0 aliphatic carbocycles. The topological polar surface area (TPSA) is 93.1 Å². The first kappa shape index (κ1) is 18.9. The average molecular weight is 264 g/mol. The Morgan fingerprint density at radius 2 is 1.17 bits per heavy atom. The van der Waals surface area contributed by atoms with Gasteiger partial charge >= 0.3 is 12.3 Å². The summed E-state index contributed by atoms with van der Waals surface area (Å²) in [6, 6.07) is 0. The van der Waals surface area contributed by atoms with Crippen molar-refractivity contribution in [1.82, 2.24) is 0 Å². The molecule has 6 nitrogen and oxygen atoms in total. The standard InChI is InChI=1S/C11H22O3.CH2O3/c1-3-5-7-9-13-11(12)14-10-8-6-4-2;2-1(3)4/h3-10H2,1-2H3;(H2,2,3,4). The van der Waals surface area contributed by atoms with Crippen molar-refractivity contribution < 1.29 is 29.3 Å². The fourth-order valence-electron chi connectivity index (χ4n) is 1.06. The molecule has 0 spiro atoms. The molecule has 0 atom stereocenters. The van der Waals surface area contributed by atoms with Crippen LogP contribution in [0.1, 0.15) is 52.4 Å². The van der Waals surface area contributed by atoms with Crippen LogP contribution < -0.4 is 0 Å². The Morgan fingerprint density at radius 3 is 1.44 bits per heavy atom. The van der Waals surface area contributed by atoms with Gasteiger partial charge < -0.3 is 19.7 Å². The first-order chi connectivity index (χ1) is 8.54. The summed E-state index contributed by atoms with van der Waals surface area (Å²) in [5, 5.41) is 13.9. The van der Waals surface area contributed by atoms with Crippen molar-refractivity contribution in [3.63, 3.8) is 0 Å². The molecule has 6 heteroatoms. The monoisotopic (exact) mass is 264 g/mol. The maximum atomic E-state index is 10.9. The van der Waals surface area contributed by atoms with Crippen LogP contribution in [0.2, 0.25) is 0 Å². The van der Waals surface area contributed by atoms with Gasteiger partial charge in [-0.2, -0.15) is 0 Å². The third-order valence-electron chi connectivity index (χ3n) is 1.94. The third kappa shape index (κ3) is 24.0. The first-order valence-corrected chi connectivity index (χ1v) is 6.26. The van der Waals surface area contributed by atoms with Crippen LogP contribution in [0.3, 0.4) is 0 Å². The molecule has 0 bridgehead atoms. The zero-order valence-electron chi connectivity index (χ0n) is 11.2. The van der Waals surface area contributed by atoms with Gasteiger partial charge in [0.1, 0.15) is 0 Å². The van der Waals surface area contributed by atoms with Crippen LogP contribution in [0.5, 0.6) is 0 Å². The lowest BCUT2D eigenvalue weighted by Crippen LogP contribution is -2.09. The molecule has 2 N–H and O–H groups in total. The summed E-state index contributed by atoms with van der Waals surface area (Å²) in [7, 11) is 0. The molecule has 0 aromatic heterocycles. The third-order valence-corrected chi connectivity index (χ3v) is 1.94. The van der Waals surface area contributed by atoms with E-state index in [1.807, 2.05) is 0 Å². The van der Waals surface area contributed by atoms with E-state index < -0.39 is 12.3 Å². The lowest BCUT2D eigenvalue weighted by molar-refractivity contribution is 0.0530. The minimum atomic E-state index is -1.83.